The average Bonchev–Trinajstić information content (AvgIpc) is 2.21. The van der Waals surface area contributed by atoms with Crippen molar-refractivity contribution in [2.75, 3.05) is 0 Å². The van der Waals surface area contributed by atoms with Crippen LogP contribution >= 0.6 is 0 Å². The van der Waals surface area contributed by atoms with Crippen molar-refractivity contribution in [1.82, 2.24) is 0 Å². The van der Waals surface area contributed by atoms with Crippen molar-refractivity contribution in [1.29, 1.82) is 0 Å². The highest BCUT2D eigenvalue weighted by Gasteiger charge is 2.53. The summed E-state index contributed by atoms with van der Waals surface area (Å²) in [5, 5.41) is 0. The Morgan fingerprint density at radius 1 is 1.00 bits per heavy atom. The lowest BCUT2D eigenvalue weighted by atomic mass is 9.46. The molecular formula is C18H36. The molecule has 0 saturated heterocycles. The quantitative estimate of drug-likeness (QED) is 0.576. The van der Waals surface area contributed by atoms with Gasteiger partial charge >= 0.3 is 0 Å². The largest absolute Gasteiger partial charge is 0.0628 e. The van der Waals surface area contributed by atoms with Gasteiger partial charge in [-0.1, -0.05) is 62.3 Å². The van der Waals surface area contributed by atoms with Gasteiger partial charge in [0, 0.05) is 0 Å². The Bertz CT molecular complexity index is 274. The smallest absolute Gasteiger partial charge is 0.0267 e. The van der Waals surface area contributed by atoms with Gasteiger partial charge in [-0.2, -0.15) is 0 Å². The normalized spacial score (nSPS) is 40.5. The standard InChI is InChI=1S/C18H36/c1-12(2)10-16-17(7,8)15(6)14(5)11-18(16,9)13(3)4/h12-16H,10-11H2,1-9H3/t14-,15+,16+,18-/m1/s1. The maximum atomic E-state index is 2.56. The van der Waals surface area contributed by atoms with Gasteiger partial charge in [-0.15, -0.1) is 0 Å². The summed E-state index contributed by atoms with van der Waals surface area (Å²) in [4.78, 5) is 0. The first-order valence-corrected chi connectivity index (χ1v) is 8.03. The minimum atomic E-state index is 0.473. The van der Waals surface area contributed by atoms with E-state index in [0.717, 1.165) is 29.6 Å². The summed E-state index contributed by atoms with van der Waals surface area (Å²) in [6.45, 7) is 22.2. The lowest BCUT2D eigenvalue weighted by Crippen LogP contribution is -2.52. The molecule has 1 rings (SSSR count). The Labute approximate surface area is 116 Å². The maximum Gasteiger partial charge on any atom is -0.0267 e. The van der Waals surface area contributed by atoms with E-state index in [-0.39, 0.29) is 0 Å². The second-order valence-electron chi connectivity index (χ2n) is 8.63. The van der Waals surface area contributed by atoms with E-state index in [9.17, 15) is 0 Å². The fraction of sp³-hybridized carbons (Fsp3) is 1.00. The summed E-state index contributed by atoms with van der Waals surface area (Å²) in [7, 11) is 0. The van der Waals surface area contributed by atoms with Gasteiger partial charge < -0.3 is 0 Å². The van der Waals surface area contributed by atoms with Crippen molar-refractivity contribution in [3.63, 3.8) is 0 Å². The Balaban J connectivity index is 3.16. The van der Waals surface area contributed by atoms with E-state index in [1.807, 2.05) is 0 Å². The minimum absolute atomic E-state index is 0.473. The zero-order valence-corrected chi connectivity index (χ0v) is 14.3. The summed E-state index contributed by atoms with van der Waals surface area (Å²) in [5.74, 6) is 4.16. The molecule has 0 aromatic rings. The predicted octanol–water partition coefficient (Wildman–Crippen LogP) is 6.01. The second-order valence-corrected chi connectivity index (χ2v) is 8.63. The summed E-state index contributed by atoms with van der Waals surface area (Å²) < 4.78 is 0. The highest BCUT2D eigenvalue weighted by atomic mass is 14.6. The van der Waals surface area contributed by atoms with Crippen molar-refractivity contribution in [3.05, 3.63) is 0 Å². The van der Waals surface area contributed by atoms with E-state index >= 15 is 0 Å². The molecule has 0 aromatic heterocycles. The van der Waals surface area contributed by atoms with E-state index in [4.69, 9.17) is 0 Å². The molecule has 0 heterocycles. The van der Waals surface area contributed by atoms with Gasteiger partial charge in [0.05, 0.1) is 0 Å². The van der Waals surface area contributed by atoms with Gasteiger partial charge in [-0.25, -0.2) is 0 Å². The SMILES string of the molecule is CC(C)C[C@H]1C(C)(C)[C@@H](C)[C@H](C)C[C@]1(C)C(C)C. The van der Waals surface area contributed by atoms with E-state index < -0.39 is 0 Å². The maximum absolute atomic E-state index is 2.56. The first kappa shape index (κ1) is 16.1. The van der Waals surface area contributed by atoms with Gasteiger partial charge in [0.1, 0.15) is 0 Å². The van der Waals surface area contributed by atoms with Crippen LogP contribution < -0.4 is 0 Å². The lowest BCUT2D eigenvalue weighted by Gasteiger charge is -2.59. The van der Waals surface area contributed by atoms with Crippen LogP contribution in [0.5, 0.6) is 0 Å². The van der Waals surface area contributed by atoms with E-state index in [2.05, 4.69) is 62.3 Å². The van der Waals surface area contributed by atoms with Gasteiger partial charge in [-0.3, -0.25) is 0 Å². The number of rotatable bonds is 3. The second kappa shape index (κ2) is 5.17. The van der Waals surface area contributed by atoms with Crippen LogP contribution in [-0.2, 0) is 0 Å². The van der Waals surface area contributed by atoms with Crippen LogP contribution in [0.15, 0.2) is 0 Å². The third-order valence-electron chi connectivity index (χ3n) is 6.51. The van der Waals surface area contributed by atoms with Gasteiger partial charge in [0.2, 0.25) is 0 Å². The third kappa shape index (κ3) is 2.63. The fourth-order valence-electron chi connectivity index (χ4n) is 4.60. The molecule has 4 atom stereocenters. The molecule has 18 heavy (non-hydrogen) atoms. The molecule has 0 bridgehead atoms. The molecule has 1 aliphatic carbocycles. The van der Waals surface area contributed by atoms with Crippen LogP contribution in [0.4, 0.5) is 0 Å². The highest BCUT2D eigenvalue weighted by molar-refractivity contribution is 5.01. The van der Waals surface area contributed by atoms with E-state index in [1.165, 1.54) is 12.8 Å². The number of hydrogen-bond acceptors (Lipinski definition) is 0. The van der Waals surface area contributed by atoms with Crippen LogP contribution in [0.3, 0.4) is 0 Å². The van der Waals surface area contributed by atoms with Crippen molar-refractivity contribution in [2.24, 2.45) is 40.4 Å². The molecule has 0 unspecified atom stereocenters. The molecule has 0 aliphatic heterocycles. The highest BCUT2D eigenvalue weighted by Crippen LogP contribution is 2.60. The minimum Gasteiger partial charge on any atom is -0.0628 e. The van der Waals surface area contributed by atoms with Crippen LogP contribution in [-0.4, -0.2) is 0 Å². The molecule has 0 nitrogen and oxygen atoms in total. The molecule has 108 valence electrons. The molecule has 1 aliphatic rings. The number of hydrogen-bond donors (Lipinski definition) is 0. The summed E-state index contributed by atoms with van der Waals surface area (Å²) >= 11 is 0. The zero-order chi connectivity index (χ0) is 14.3. The van der Waals surface area contributed by atoms with Crippen molar-refractivity contribution in [3.8, 4) is 0 Å². The summed E-state index contributed by atoms with van der Waals surface area (Å²) in [5.41, 5.74) is 0.987. The van der Waals surface area contributed by atoms with Crippen molar-refractivity contribution in [2.45, 2.75) is 75.2 Å². The summed E-state index contributed by atoms with van der Waals surface area (Å²) in [6.07, 6.45) is 2.80. The molecule has 0 spiro atoms. The molecule has 1 fully saturated rings. The van der Waals surface area contributed by atoms with E-state index in [0.29, 0.717) is 10.8 Å². The summed E-state index contributed by atoms with van der Waals surface area (Å²) in [6, 6.07) is 0. The lowest BCUT2D eigenvalue weighted by molar-refractivity contribution is -0.102. The Morgan fingerprint density at radius 2 is 1.50 bits per heavy atom. The topological polar surface area (TPSA) is 0 Å². The van der Waals surface area contributed by atoms with Crippen molar-refractivity contribution < 1.29 is 0 Å². The molecule has 0 radical (unpaired) electrons. The Morgan fingerprint density at radius 3 is 1.89 bits per heavy atom. The predicted molar refractivity (Wildman–Crippen MR) is 82.6 cm³/mol. The van der Waals surface area contributed by atoms with Crippen LogP contribution in [0.1, 0.15) is 75.2 Å². The van der Waals surface area contributed by atoms with E-state index in [1.54, 1.807) is 0 Å². The first-order valence-electron chi connectivity index (χ1n) is 8.03. The fourth-order valence-corrected chi connectivity index (χ4v) is 4.60. The molecule has 0 amide bonds. The Kier molecular flexibility index (Phi) is 4.62. The average molecular weight is 252 g/mol. The van der Waals surface area contributed by atoms with Crippen LogP contribution in [0.2, 0.25) is 0 Å². The van der Waals surface area contributed by atoms with Crippen LogP contribution in [0.25, 0.3) is 0 Å². The molecular weight excluding hydrogens is 216 g/mol. The van der Waals surface area contributed by atoms with Crippen molar-refractivity contribution >= 4 is 0 Å². The third-order valence-corrected chi connectivity index (χ3v) is 6.51. The molecule has 0 aromatic carbocycles. The van der Waals surface area contributed by atoms with Gasteiger partial charge in [0.15, 0.2) is 0 Å². The molecule has 1 saturated carbocycles. The monoisotopic (exact) mass is 252 g/mol. The first-order chi connectivity index (χ1) is 8.03. The van der Waals surface area contributed by atoms with Gasteiger partial charge in [0.25, 0.3) is 0 Å². The molecule has 0 N–H and O–H groups in total. The molecule has 0 heteroatoms. The Hall–Kier alpha value is 0. The van der Waals surface area contributed by atoms with Crippen LogP contribution in [0, 0.1) is 40.4 Å². The zero-order valence-electron chi connectivity index (χ0n) is 14.3. The van der Waals surface area contributed by atoms with Gasteiger partial charge in [-0.05, 0) is 53.3 Å².